The smallest absolute Gasteiger partial charge is 0.413 e. The summed E-state index contributed by atoms with van der Waals surface area (Å²) in [6.07, 6.45) is 0. The number of nitrogens with zero attached hydrogens (tertiary/aromatic N) is 1. The molecule has 5 heteroatoms. The van der Waals surface area contributed by atoms with Gasteiger partial charge in [0.2, 0.25) is 0 Å². The molecule has 0 spiro atoms. The zero-order valence-corrected chi connectivity index (χ0v) is 2.76. The van der Waals surface area contributed by atoms with Gasteiger partial charge in [-0.2, -0.15) is 0 Å². The van der Waals surface area contributed by atoms with Gasteiger partial charge in [0, 0.05) is 0 Å². The second-order valence-electron chi connectivity index (χ2n) is 0.571. The Hall–Kier alpha value is -0.595. The zero-order chi connectivity index (χ0) is 4.99. The van der Waals surface area contributed by atoms with Gasteiger partial charge in [-0.05, 0) is 0 Å². The molecule has 32 valence electrons. The molecule has 0 aromatic carbocycles. The van der Waals surface area contributed by atoms with E-state index in [-0.39, 0.29) is 0 Å². The van der Waals surface area contributed by atoms with Gasteiger partial charge >= 0.3 is 7.12 Å². The number of halogens is 1. The van der Waals surface area contributed by atoms with Crippen molar-refractivity contribution in [1.82, 2.24) is 0 Å². The molecule has 0 aliphatic heterocycles. The summed E-state index contributed by atoms with van der Waals surface area (Å²) in [5.74, 6) is 1.07. The van der Waals surface area contributed by atoms with Gasteiger partial charge in [-0.25, -0.2) is 10.1 Å². The van der Waals surface area contributed by atoms with E-state index in [2.05, 4.69) is 4.86 Å². The first kappa shape index (κ1) is 5.40. The Bertz CT molecular complexity index is 70.4. The lowest BCUT2D eigenvalue weighted by Crippen LogP contribution is -2.08. The standard InChI is InChI=1S/CHBFNO2/c3-6-2(5)1-4/h5H. The average molecular weight is 88.8 g/mol. The third-order valence-corrected chi connectivity index (χ3v) is 0.195. The molecule has 0 aliphatic carbocycles. The Kier molecular flexibility index (Phi) is 2.37. The molecule has 0 bridgehead atoms. The van der Waals surface area contributed by atoms with Crippen molar-refractivity contribution >= 4 is 7.12 Å². The number of hydrogen-bond donors (Lipinski definition) is 1. The van der Waals surface area contributed by atoms with Gasteiger partial charge in [0.15, 0.2) is 0 Å². The topological polar surface area (TPSA) is 53.2 Å². The van der Waals surface area contributed by atoms with E-state index < -0.39 is 7.12 Å². The molecule has 6 heavy (non-hydrogen) atoms. The zero-order valence-electron chi connectivity index (χ0n) is 2.76. The van der Waals surface area contributed by atoms with Gasteiger partial charge in [0.05, 0.1) is 5.97 Å². The van der Waals surface area contributed by atoms with Gasteiger partial charge in [-0.3, -0.25) is 0 Å². The summed E-state index contributed by atoms with van der Waals surface area (Å²) in [5.41, 5.74) is 0. The highest BCUT2D eigenvalue weighted by atomic mass is 19.3. The summed E-state index contributed by atoms with van der Waals surface area (Å²) in [4.78, 5) is 2.59. The van der Waals surface area contributed by atoms with E-state index in [0.717, 1.165) is 5.97 Å². The largest absolute Gasteiger partial charge is 0.610 e. The first-order chi connectivity index (χ1) is 2.81. The fourth-order valence-corrected chi connectivity index (χ4v) is 0.0199. The fraction of sp³-hybridized carbons (Fsp3) is 0. The van der Waals surface area contributed by atoms with Crippen LogP contribution < -0.4 is 0 Å². The molecular formula is CHBFNO2. The van der Waals surface area contributed by atoms with Crippen molar-refractivity contribution in [3.8, 4) is 5.97 Å². The van der Waals surface area contributed by atoms with Crippen LogP contribution in [0.4, 0.5) is 4.53 Å². The molecule has 0 rings (SSSR count). The highest BCUT2D eigenvalue weighted by molar-refractivity contribution is 6.51. The Morgan fingerprint density at radius 3 is 2.50 bits per heavy atom. The Balaban J connectivity index is 3.04. The summed E-state index contributed by atoms with van der Waals surface area (Å²) in [5, 5.41) is 15.2. The van der Waals surface area contributed by atoms with Crippen LogP contribution >= 0.6 is 0 Å². The molecular weight excluding hydrogens is 87.8 g/mol. The van der Waals surface area contributed by atoms with E-state index in [0.29, 0.717) is 0 Å². The van der Waals surface area contributed by atoms with Crippen molar-refractivity contribution in [3.63, 3.8) is 0 Å². The van der Waals surface area contributed by atoms with Gasteiger partial charge < -0.3 is 5.02 Å². The minimum Gasteiger partial charge on any atom is -0.413 e. The summed E-state index contributed by atoms with van der Waals surface area (Å²) >= 11 is 0. The molecule has 0 amide bonds. The van der Waals surface area contributed by atoms with Crippen molar-refractivity contribution in [2.24, 2.45) is 0 Å². The monoisotopic (exact) mass is 89.0 g/mol. The fourth-order valence-electron chi connectivity index (χ4n) is 0.0199. The molecule has 0 aromatic heterocycles. The summed E-state index contributed by atoms with van der Waals surface area (Å²) in [6, 6.07) is 0. The van der Waals surface area contributed by atoms with E-state index in [1.807, 2.05) is 0 Å². The predicted octanol–water partition coefficient (Wildman–Crippen LogP) is -0.569. The second-order valence-corrected chi connectivity index (χ2v) is 0.571. The van der Waals surface area contributed by atoms with E-state index in [4.69, 9.17) is 10.3 Å². The minimum atomic E-state index is -1.93. The second kappa shape index (κ2) is 2.63. The van der Waals surface area contributed by atoms with Crippen LogP contribution in [0, 0.1) is 11.2 Å². The maximum Gasteiger partial charge on any atom is 0.610 e. The van der Waals surface area contributed by atoms with Crippen molar-refractivity contribution in [2.45, 2.75) is 0 Å². The van der Waals surface area contributed by atoms with Crippen LogP contribution in [0.15, 0.2) is 0 Å². The van der Waals surface area contributed by atoms with Crippen LogP contribution in [0.1, 0.15) is 0 Å². The normalized spacial score (nSPS) is 6.83. The predicted molar refractivity (Wildman–Crippen MR) is 15.8 cm³/mol. The highest BCUT2D eigenvalue weighted by Gasteiger charge is 2.09. The van der Waals surface area contributed by atoms with Crippen LogP contribution in [-0.2, 0) is 4.86 Å². The van der Waals surface area contributed by atoms with Gasteiger partial charge in [0.1, 0.15) is 0 Å². The van der Waals surface area contributed by atoms with Gasteiger partial charge in [-0.1, -0.05) is 4.53 Å². The number of rotatable bonds is 1. The molecule has 1 N–H and O–H groups in total. The Morgan fingerprint density at radius 2 is 2.50 bits per heavy atom. The Labute approximate surface area is 34.0 Å². The van der Waals surface area contributed by atoms with Crippen LogP contribution in [0.2, 0.25) is 0 Å². The molecule has 0 saturated carbocycles. The molecule has 0 radical (unpaired) electrons. The first-order valence-electron chi connectivity index (χ1n) is 1.16. The molecule has 0 atom stereocenters. The molecule has 0 aliphatic rings. The summed E-state index contributed by atoms with van der Waals surface area (Å²) in [6.45, 7) is 0. The van der Waals surface area contributed by atoms with Crippen LogP contribution in [-0.4, -0.2) is 12.1 Å². The maximum absolute atomic E-state index is 10.4. The quantitative estimate of drug-likeness (QED) is 0.437. The molecule has 0 fully saturated rings. The highest BCUT2D eigenvalue weighted by Crippen LogP contribution is 1.73. The lowest BCUT2D eigenvalue weighted by molar-refractivity contribution is -0.0265. The minimum absolute atomic E-state index is 1.07. The lowest BCUT2D eigenvalue weighted by Gasteiger charge is -1.77. The summed E-state index contributed by atoms with van der Waals surface area (Å²) in [7, 11) is -1.93. The van der Waals surface area contributed by atoms with Crippen LogP contribution in [0.3, 0.4) is 0 Å². The lowest BCUT2D eigenvalue weighted by atomic mass is 9.97. The van der Waals surface area contributed by atoms with Crippen molar-refractivity contribution in [3.05, 3.63) is 0 Å². The molecule has 0 aromatic rings. The van der Waals surface area contributed by atoms with Crippen LogP contribution in [0.25, 0.3) is 0 Å². The first-order valence-corrected chi connectivity index (χ1v) is 1.16. The number of nitriles is 1. The number of hydrogen-bond acceptors (Lipinski definition) is 3. The molecule has 0 unspecified atom stereocenters. The van der Waals surface area contributed by atoms with Crippen molar-refractivity contribution in [1.29, 1.82) is 5.26 Å². The molecule has 0 heterocycles. The summed E-state index contributed by atoms with van der Waals surface area (Å²) < 4.78 is 10.4. The molecule has 0 saturated heterocycles. The maximum atomic E-state index is 10.4. The van der Waals surface area contributed by atoms with Crippen molar-refractivity contribution in [2.75, 3.05) is 0 Å². The third kappa shape index (κ3) is 1.70. The van der Waals surface area contributed by atoms with E-state index >= 15 is 0 Å². The third-order valence-electron chi connectivity index (χ3n) is 0.195. The average Bonchev–Trinajstić information content (AvgIpc) is 1.65. The van der Waals surface area contributed by atoms with E-state index in [1.54, 1.807) is 0 Å². The SMILES string of the molecule is N#CB(O)OF. The van der Waals surface area contributed by atoms with Crippen LogP contribution in [0.5, 0.6) is 0 Å². The van der Waals surface area contributed by atoms with Gasteiger partial charge in [-0.15, -0.1) is 0 Å². The molecule has 3 nitrogen and oxygen atoms in total. The van der Waals surface area contributed by atoms with E-state index in [1.165, 1.54) is 0 Å². The van der Waals surface area contributed by atoms with Gasteiger partial charge in [0.25, 0.3) is 0 Å². The van der Waals surface area contributed by atoms with Crippen molar-refractivity contribution < 1.29 is 14.4 Å². The van der Waals surface area contributed by atoms with E-state index in [9.17, 15) is 4.53 Å². The Morgan fingerprint density at radius 1 is 2.00 bits per heavy atom.